The zero-order valence-corrected chi connectivity index (χ0v) is 8.37. The molecule has 0 aliphatic heterocycles. The minimum atomic E-state index is -0.427. The first kappa shape index (κ1) is 11.2. The predicted molar refractivity (Wildman–Crippen MR) is 52.7 cm³/mol. The van der Waals surface area contributed by atoms with Gasteiger partial charge in [0.2, 0.25) is 5.91 Å². The van der Waals surface area contributed by atoms with Crippen LogP contribution < -0.4 is 16.4 Å². The maximum atomic E-state index is 10.6. The van der Waals surface area contributed by atoms with Crippen molar-refractivity contribution in [3.8, 4) is 0 Å². The summed E-state index contributed by atoms with van der Waals surface area (Å²) in [5.74, 6) is -0.414. The van der Waals surface area contributed by atoms with E-state index < -0.39 is 11.9 Å². The van der Waals surface area contributed by atoms with E-state index in [1.807, 2.05) is 13.8 Å². The van der Waals surface area contributed by atoms with Crippen LogP contribution in [0.25, 0.3) is 0 Å². The molecule has 0 aliphatic rings. The largest absolute Gasteiger partial charge is 0.368 e. The SMILES string of the molecule is CC(C)NC(=S)NC(C)C(N)=O. The Morgan fingerprint density at radius 1 is 1.33 bits per heavy atom. The van der Waals surface area contributed by atoms with Gasteiger partial charge in [-0.05, 0) is 33.0 Å². The van der Waals surface area contributed by atoms with Gasteiger partial charge in [0.15, 0.2) is 5.11 Å². The second-order valence-electron chi connectivity index (χ2n) is 2.90. The van der Waals surface area contributed by atoms with E-state index >= 15 is 0 Å². The highest BCUT2D eigenvalue weighted by Gasteiger charge is 2.09. The second kappa shape index (κ2) is 4.92. The van der Waals surface area contributed by atoms with Crippen LogP contribution >= 0.6 is 12.2 Å². The van der Waals surface area contributed by atoms with Crippen molar-refractivity contribution < 1.29 is 4.79 Å². The topological polar surface area (TPSA) is 67.2 Å². The Balaban J connectivity index is 3.77. The molecule has 70 valence electrons. The van der Waals surface area contributed by atoms with Gasteiger partial charge in [-0.2, -0.15) is 0 Å². The van der Waals surface area contributed by atoms with Crippen LogP contribution in [0.3, 0.4) is 0 Å². The summed E-state index contributed by atoms with van der Waals surface area (Å²) in [5.41, 5.74) is 5.03. The van der Waals surface area contributed by atoms with Gasteiger partial charge < -0.3 is 16.4 Å². The Morgan fingerprint density at radius 2 is 1.83 bits per heavy atom. The summed E-state index contributed by atoms with van der Waals surface area (Å²) < 4.78 is 0. The molecule has 5 heteroatoms. The Morgan fingerprint density at radius 3 is 2.17 bits per heavy atom. The highest BCUT2D eigenvalue weighted by atomic mass is 32.1. The van der Waals surface area contributed by atoms with Crippen LogP contribution in [-0.4, -0.2) is 23.1 Å². The molecule has 0 bridgehead atoms. The lowest BCUT2D eigenvalue weighted by Gasteiger charge is -2.15. The molecule has 4 N–H and O–H groups in total. The first-order valence-electron chi connectivity index (χ1n) is 3.79. The van der Waals surface area contributed by atoms with Crippen molar-refractivity contribution in [2.45, 2.75) is 32.9 Å². The van der Waals surface area contributed by atoms with E-state index in [0.29, 0.717) is 5.11 Å². The van der Waals surface area contributed by atoms with Gasteiger partial charge in [0, 0.05) is 6.04 Å². The van der Waals surface area contributed by atoms with Crippen molar-refractivity contribution in [3.05, 3.63) is 0 Å². The van der Waals surface area contributed by atoms with Crippen molar-refractivity contribution in [2.24, 2.45) is 5.73 Å². The summed E-state index contributed by atoms with van der Waals surface area (Å²) in [6.45, 7) is 5.59. The van der Waals surface area contributed by atoms with Crippen molar-refractivity contribution >= 4 is 23.2 Å². The van der Waals surface area contributed by atoms with Gasteiger partial charge in [0.1, 0.15) is 6.04 Å². The van der Waals surface area contributed by atoms with E-state index in [-0.39, 0.29) is 6.04 Å². The standard InChI is InChI=1S/C7H15N3OS/c1-4(2)9-7(12)10-5(3)6(8)11/h4-5H,1-3H3,(H2,8,11)(H2,9,10,12). The molecule has 0 rings (SSSR count). The lowest BCUT2D eigenvalue weighted by molar-refractivity contribution is -0.119. The summed E-state index contributed by atoms with van der Waals surface area (Å²) in [6.07, 6.45) is 0. The molecule has 0 saturated carbocycles. The van der Waals surface area contributed by atoms with E-state index in [4.69, 9.17) is 18.0 Å². The Hall–Kier alpha value is -0.840. The molecule has 0 spiro atoms. The molecule has 0 fully saturated rings. The van der Waals surface area contributed by atoms with E-state index in [9.17, 15) is 4.79 Å². The lowest BCUT2D eigenvalue weighted by Crippen LogP contribution is -2.48. The van der Waals surface area contributed by atoms with Crippen LogP contribution in [0, 0.1) is 0 Å². The second-order valence-corrected chi connectivity index (χ2v) is 3.30. The number of hydrogen-bond donors (Lipinski definition) is 3. The third-order valence-electron chi connectivity index (χ3n) is 1.19. The van der Waals surface area contributed by atoms with Gasteiger partial charge in [0.05, 0.1) is 0 Å². The van der Waals surface area contributed by atoms with Gasteiger partial charge in [-0.1, -0.05) is 0 Å². The number of hydrogen-bond acceptors (Lipinski definition) is 2. The minimum Gasteiger partial charge on any atom is -0.368 e. The van der Waals surface area contributed by atoms with Crippen LogP contribution in [0.2, 0.25) is 0 Å². The third kappa shape index (κ3) is 4.90. The Kier molecular flexibility index (Phi) is 4.58. The number of carbonyl (C=O) groups is 1. The number of nitrogens with one attached hydrogen (secondary N) is 2. The zero-order valence-electron chi connectivity index (χ0n) is 7.55. The first-order valence-corrected chi connectivity index (χ1v) is 4.20. The molecule has 0 saturated heterocycles. The van der Waals surface area contributed by atoms with Gasteiger partial charge in [-0.3, -0.25) is 4.79 Å². The lowest BCUT2D eigenvalue weighted by atomic mass is 10.3. The first-order chi connectivity index (χ1) is 5.43. The van der Waals surface area contributed by atoms with E-state index in [1.54, 1.807) is 6.92 Å². The predicted octanol–water partition coefficient (Wildman–Crippen LogP) is -0.267. The molecule has 0 heterocycles. The summed E-state index contributed by atoms with van der Waals surface area (Å²) in [7, 11) is 0. The number of thiocarbonyl (C=S) groups is 1. The summed E-state index contributed by atoms with van der Waals surface area (Å²) >= 11 is 4.90. The van der Waals surface area contributed by atoms with E-state index in [0.717, 1.165) is 0 Å². The number of primary amides is 1. The summed E-state index contributed by atoms with van der Waals surface area (Å²) in [5, 5.41) is 6.15. The van der Waals surface area contributed by atoms with Crippen LogP contribution in [0.15, 0.2) is 0 Å². The Bertz CT molecular complexity index is 181. The molecule has 1 atom stereocenters. The molecular weight excluding hydrogens is 174 g/mol. The van der Waals surface area contributed by atoms with E-state index in [2.05, 4.69) is 10.6 Å². The quantitative estimate of drug-likeness (QED) is 0.535. The maximum absolute atomic E-state index is 10.6. The average molecular weight is 189 g/mol. The zero-order chi connectivity index (χ0) is 9.72. The third-order valence-corrected chi connectivity index (χ3v) is 1.43. The number of amides is 1. The normalized spacial score (nSPS) is 12.3. The Labute approximate surface area is 77.9 Å². The molecular formula is C7H15N3OS. The fourth-order valence-corrected chi connectivity index (χ4v) is 0.984. The number of carbonyl (C=O) groups excluding carboxylic acids is 1. The minimum absolute atomic E-state index is 0.255. The van der Waals surface area contributed by atoms with Gasteiger partial charge in [-0.25, -0.2) is 0 Å². The monoisotopic (exact) mass is 189 g/mol. The molecule has 1 amide bonds. The van der Waals surface area contributed by atoms with Crippen LogP contribution in [0.5, 0.6) is 0 Å². The van der Waals surface area contributed by atoms with Crippen molar-refractivity contribution in [2.75, 3.05) is 0 Å². The number of rotatable bonds is 3. The summed E-state index contributed by atoms with van der Waals surface area (Å²) in [4.78, 5) is 10.6. The van der Waals surface area contributed by atoms with Gasteiger partial charge in [0.25, 0.3) is 0 Å². The number of nitrogens with two attached hydrogens (primary N) is 1. The molecule has 0 aromatic heterocycles. The highest BCUT2D eigenvalue weighted by Crippen LogP contribution is 1.81. The van der Waals surface area contributed by atoms with Gasteiger partial charge >= 0.3 is 0 Å². The summed E-state index contributed by atoms with van der Waals surface area (Å²) in [6, 6.07) is -0.172. The molecule has 0 aromatic carbocycles. The molecule has 0 radical (unpaired) electrons. The highest BCUT2D eigenvalue weighted by molar-refractivity contribution is 7.80. The average Bonchev–Trinajstić information content (AvgIpc) is 1.84. The molecule has 12 heavy (non-hydrogen) atoms. The fourth-order valence-electron chi connectivity index (χ4n) is 0.572. The molecule has 0 aliphatic carbocycles. The van der Waals surface area contributed by atoms with Crippen LogP contribution in [0.4, 0.5) is 0 Å². The van der Waals surface area contributed by atoms with Crippen molar-refractivity contribution in [1.29, 1.82) is 0 Å². The van der Waals surface area contributed by atoms with Gasteiger partial charge in [-0.15, -0.1) is 0 Å². The van der Waals surface area contributed by atoms with Crippen molar-refractivity contribution in [3.63, 3.8) is 0 Å². The smallest absolute Gasteiger partial charge is 0.239 e. The van der Waals surface area contributed by atoms with Crippen LogP contribution in [0.1, 0.15) is 20.8 Å². The fraction of sp³-hybridized carbons (Fsp3) is 0.714. The van der Waals surface area contributed by atoms with Crippen LogP contribution in [-0.2, 0) is 4.79 Å². The maximum Gasteiger partial charge on any atom is 0.239 e. The van der Waals surface area contributed by atoms with Crippen molar-refractivity contribution in [1.82, 2.24) is 10.6 Å². The molecule has 0 aromatic rings. The van der Waals surface area contributed by atoms with E-state index in [1.165, 1.54) is 0 Å². The molecule has 1 unspecified atom stereocenters. The molecule has 4 nitrogen and oxygen atoms in total.